The Morgan fingerprint density at radius 1 is 1.40 bits per heavy atom. The van der Waals surface area contributed by atoms with Crippen LogP contribution in [0.3, 0.4) is 0 Å². The fourth-order valence-electron chi connectivity index (χ4n) is 1.82. The van der Waals surface area contributed by atoms with Crippen molar-refractivity contribution in [1.29, 1.82) is 0 Å². The summed E-state index contributed by atoms with van der Waals surface area (Å²) in [6, 6.07) is 0. The molecule has 0 aromatic carbocycles. The second-order valence-electron chi connectivity index (χ2n) is 3.97. The zero-order valence-electron chi connectivity index (χ0n) is 9.15. The molecule has 1 aliphatic heterocycles. The summed E-state index contributed by atoms with van der Waals surface area (Å²) in [4.78, 5) is 15.3. The summed E-state index contributed by atoms with van der Waals surface area (Å²) in [5, 5.41) is 10.1. The van der Waals surface area contributed by atoms with Gasteiger partial charge in [-0.3, -0.25) is 9.69 Å². The first-order valence-electron chi connectivity index (χ1n) is 5.35. The van der Waals surface area contributed by atoms with Crippen LogP contribution in [-0.4, -0.2) is 65.0 Å². The third kappa shape index (κ3) is 4.49. The van der Waals surface area contributed by atoms with E-state index in [1.807, 2.05) is 4.90 Å². The van der Waals surface area contributed by atoms with Crippen molar-refractivity contribution in [3.8, 4) is 0 Å². The predicted molar refractivity (Wildman–Crippen MR) is 63.1 cm³/mol. The maximum Gasteiger partial charge on any atom is 0.219 e. The van der Waals surface area contributed by atoms with Gasteiger partial charge in [-0.05, 0) is 13.0 Å². The molecular formula is C10H19BrN2O2. The Hall–Kier alpha value is -0.130. The first-order valence-corrected chi connectivity index (χ1v) is 6.47. The summed E-state index contributed by atoms with van der Waals surface area (Å²) < 4.78 is 0. The summed E-state index contributed by atoms with van der Waals surface area (Å²) in [6.07, 6.45) is 0.683. The van der Waals surface area contributed by atoms with Gasteiger partial charge in [0.15, 0.2) is 0 Å². The zero-order chi connectivity index (χ0) is 11.3. The second kappa shape index (κ2) is 6.45. The summed E-state index contributed by atoms with van der Waals surface area (Å²) in [6.45, 7) is 5.76. The van der Waals surface area contributed by atoms with Gasteiger partial charge in [-0.2, -0.15) is 0 Å². The molecule has 1 atom stereocenters. The highest BCUT2D eigenvalue weighted by molar-refractivity contribution is 9.09. The quantitative estimate of drug-likeness (QED) is 0.756. The summed E-state index contributed by atoms with van der Waals surface area (Å²) >= 11 is 3.25. The first kappa shape index (κ1) is 12.9. The van der Waals surface area contributed by atoms with Crippen molar-refractivity contribution in [1.82, 2.24) is 9.80 Å². The van der Waals surface area contributed by atoms with Crippen LogP contribution in [0.4, 0.5) is 0 Å². The SMILES string of the molecule is CC(=O)N1CCCN(CC(O)CBr)CC1. The molecule has 0 aromatic rings. The molecule has 0 radical (unpaired) electrons. The number of rotatable bonds is 3. The normalized spacial score (nSPS) is 21.1. The molecule has 0 aromatic heterocycles. The van der Waals surface area contributed by atoms with Crippen LogP contribution < -0.4 is 0 Å². The number of carbonyl (C=O) groups is 1. The molecule has 4 nitrogen and oxygen atoms in total. The van der Waals surface area contributed by atoms with Gasteiger partial charge < -0.3 is 10.0 Å². The Morgan fingerprint density at radius 3 is 2.73 bits per heavy atom. The Labute approximate surface area is 99.4 Å². The van der Waals surface area contributed by atoms with Gasteiger partial charge in [0.2, 0.25) is 5.91 Å². The van der Waals surface area contributed by atoms with Gasteiger partial charge in [0.25, 0.3) is 0 Å². The van der Waals surface area contributed by atoms with E-state index in [1.165, 1.54) is 0 Å². The highest BCUT2D eigenvalue weighted by atomic mass is 79.9. The number of aliphatic hydroxyl groups is 1. The fourth-order valence-corrected chi connectivity index (χ4v) is 2.02. The fraction of sp³-hybridized carbons (Fsp3) is 0.900. The molecule has 5 heteroatoms. The largest absolute Gasteiger partial charge is 0.391 e. The number of β-amino-alcohol motifs (C(OH)–C–C–N with tert-alkyl or cyclic N) is 1. The minimum absolute atomic E-state index is 0.151. The highest BCUT2D eigenvalue weighted by Gasteiger charge is 2.17. The monoisotopic (exact) mass is 278 g/mol. The number of hydrogen-bond donors (Lipinski definition) is 1. The summed E-state index contributed by atoms with van der Waals surface area (Å²) in [5.41, 5.74) is 0. The molecular weight excluding hydrogens is 260 g/mol. The molecule has 1 rings (SSSR count). The third-order valence-corrected chi connectivity index (χ3v) is 3.43. The molecule has 0 spiro atoms. The lowest BCUT2D eigenvalue weighted by Crippen LogP contribution is -2.37. The molecule has 1 amide bonds. The van der Waals surface area contributed by atoms with Gasteiger partial charge in [-0.15, -0.1) is 0 Å². The van der Waals surface area contributed by atoms with Gasteiger partial charge in [-0.25, -0.2) is 0 Å². The van der Waals surface area contributed by atoms with Crippen molar-refractivity contribution >= 4 is 21.8 Å². The second-order valence-corrected chi connectivity index (χ2v) is 4.62. The van der Waals surface area contributed by atoms with Gasteiger partial charge in [0.1, 0.15) is 0 Å². The number of aliphatic hydroxyl groups excluding tert-OH is 1. The van der Waals surface area contributed by atoms with E-state index in [1.54, 1.807) is 6.92 Å². The van der Waals surface area contributed by atoms with E-state index >= 15 is 0 Å². The molecule has 0 bridgehead atoms. The van der Waals surface area contributed by atoms with Crippen LogP contribution in [0, 0.1) is 0 Å². The van der Waals surface area contributed by atoms with E-state index < -0.39 is 0 Å². The van der Waals surface area contributed by atoms with Crippen LogP contribution >= 0.6 is 15.9 Å². The molecule has 0 saturated carbocycles. The van der Waals surface area contributed by atoms with Crippen LogP contribution in [0.15, 0.2) is 0 Å². The molecule has 1 N–H and O–H groups in total. The van der Waals surface area contributed by atoms with Gasteiger partial charge in [0.05, 0.1) is 6.10 Å². The summed E-state index contributed by atoms with van der Waals surface area (Å²) in [5.74, 6) is 0.151. The van der Waals surface area contributed by atoms with E-state index in [9.17, 15) is 9.90 Å². The predicted octanol–water partition coefficient (Wildman–Crippen LogP) is 0.296. The Kier molecular flexibility index (Phi) is 5.56. The Balaban J connectivity index is 2.35. The number of amides is 1. The number of nitrogens with zero attached hydrogens (tertiary/aromatic N) is 2. The Morgan fingerprint density at radius 2 is 2.13 bits per heavy atom. The molecule has 1 unspecified atom stereocenters. The maximum atomic E-state index is 11.2. The van der Waals surface area contributed by atoms with Crippen LogP contribution in [0.5, 0.6) is 0 Å². The van der Waals surface area contributed by atoms with Crippen LogP contribution in [0.25, 0.3) is 0 Å². The summed E-state index contributed by atoms with van der Waals surface area (Å²) in [7, 11) is 0. The first-order chi connectivity index (χ1) is 7.13. The lowest BCUT2D eigenvalue weighted by Gasteiger charge is -2.22. The molecule has 1 saturated heterocycles. The van der Waals surface area contributed by atoms with Crippen molar-refractivity contribution < 1.29 is 9.90 Å². The lowest BCUT2D eigenvalue weighted by molar-refractivity contribution is -0.128. The lowest BCUT2D eigenvalue weighted by atomic mass is 10.3. The molecule has 88 valence electrons. The minimum atomic E-state index is -0.311. The third-order valence-electron chi connectivity index (χ3n) is 2.68. The molecule has 0 aliphatic carbocycles. The van der Waals surface area contributed by atoms with E-state index in [0.717, 1.165) is 32.6 Å². The van der Waals surface area contributed by atoms with Crippen molar-refractivity contribution in [3.05, 3.63) is 0 Å². The van der Waals surface area contributed by atoms with Crippen LogP contribution in [0.1, 0.15) is 13.3 Å². The molecule has 15 heavy (non-hydrogen) atoms. The van der Waals surface area contributed by atoms with E-state index in [0.29, 0.717) is 11.9 Å². The average Bonchev–Trinajstić information content (AvgIpc) is 2.43. The Bertz CT molecular complexity index is 214. The standard InChI is InChI=1S/C10H19BrN2O2/c1-9(14)13-4-2-3-12(5-6-13)8-10(15)7-11/h10,15H,2-8H2,1H3. The van der Waals surface area contributed by atoms with Crippen LogP contribution in [0.2, 0.25) is 0 Å². The minimum Gasteiger partial charge on any atom is -0.391 e. The van der Waals surface area contributed by atoms with Crippen molar-refractivity contribution in [3.63, 3.8) is 0 Å². The smallest absolute Gasteiger partial charge is 0.219 e. The number of halogens is 1. The van der Waals surface area contributed by atoms with Crippen molar-refractivity contribution in [2.75, 3.05) is 38.1 Å². The highest BCUT2D eigenvalue weighted by Crippen LogP contribution is 2.05. The zero-order valence-corrected chi connectivity index (χ0v) is 10.7. The van der Waals surface area contributed by atoms with Crippen LogP contribution in [-0.2, 0) is 4.79 Å². The van der Waals surface area contributed by atoms with Gasteiger partial charge >= 0.3 is 0 Å². The molecule has 1 aliphatic rings. The van der Waals surface area contributed by atoms with E-state index in [4.69, 9.17) is 0 Å². The average molecular weight is 279 g/mol. The molecule has 1 fully saturated rings. The van der Waals surface area contributed by atoms with E-state index in [-0.39, 0.29) is 12.0 Å². The van der Waals surface area contributed by atoms with Gasteiger partial charge in [-0.1, -0.05) is 15.9 Å². The van der Waals surface area contributed by atoms with E-state index in [2.05, 4.69) is 20.8 Å². The number of alkyl halides is 1. The topological polar surface area (TPSA) is 43.8 Å². The number of carbonyl (C=O) groups excluding carboxylic acids is 1. The molecule has 1 heterocycles. The van der Waals surface area contributed by atoms with Crippen molar-refractivity contribution in [2.45, 2.75) is 19.4 Å². The van der Waals surface area contributed by atoms with Gasteiger partial charge in [0, 0.05) is 38.4 Å². The van der Waals surface area contributed by atoms with Crippen molar-refractivity contribution in [2.24, 2.45) is 0 Å². The maximum absolute atomic E-state index is 11.2. The number of hydrogen-bond acceptors (Lipinski definition) is 3.